The first-order valence-electron chi connectivity index (χ1n) is 9.72. The maximum Gasteiger partial charge on any atom is 0.308 e. The van der Waals surface area contributed by atoms with Crippen LogP contribution >= 0.6 is 0 Å². The van der Waals surface area contributed by atoms with Crippen LogP contribution in [0.5, 0.6) is 5.75 Å². The first-order chi connectivity index (χ1) is 14.3. The molecule has 2 aromatic carbocycles. The molecule has 1 aliphatic heterocycles. The molecule has 1 aliphatic rings. The topological polar surface area (TPSA) is 92.8 Å². The molecule has 0 bridgehead atoms. The number of carbonyl (C=O) groups excluding carboxylic acids is 2. The molecule has 1 fully saturated rings. The van der Waals surface area contributed by atoms with Crippen molar-refractivity contribution in [3.63, 3.8) is 0 Å². The normalized spacial score (nSPS) is 15.1. The second kappa shape index (κ2) is 9.69. The van der Waals surface area contributed by atoms with E-state index in [4.69, 9.17) is 4.74 Å². The zero-order valence-corrected chi connectivity index (χ0v) is 17.5. The third-order valence-electron chi connectivity index (χ3n) is 4.62. The summed E-state index contributed by atoms with van der Waals surface area (Å²) in [6.45, 7) is 2.41. The van der Waals surface area contributed by atoms with Gasteiger partial charge in [-0.1, -0.05) is 18.6 Å². The van der Waals surface area contributed by atoms with Gasteiger partial charge in [-0.05, 0) is 60.9 Å². The Hall–Kier alpha value is -2.97. The van der Waals surface area contributed by atoms with E-state index in [1.54, 1.807) is 42.5 Å². The van der Waals surface area contributed by atoms with Crippen LogP contribution in [0, 0.1) is 0 Å². The van der Waals surface area contributed by atoms with Gasteiger partial charge < -0.3 is 10.1 Å². The Bertz CT molecular complexity index is 1040. The lowest BCUT2D eigenvalue weighted by atomic mass is 10.2. The van der Waals surface area contributed by atoms with Crippen molar-refractivity contribution < 1.29 is 22.7 Å². The number of sulfonamides is 1. The van der Waals surface area contributed by atoms with Crippen LogP contribution in [0.4, 0.5) is 5.69 Å². The van der Waals surface area contributed by atoms with Crippen LogP contribution < -0.4 is 10.1 Å². The summed E-state index contributed by atoms with van der Waals surface area (Å²) in [5.41, 5.74) is 1.20. The predicted molar refractivity (Wildman–Crippen MR) is 114 cm³/mol. The number of ether oxygens (including phenoxy) is 1. The van der Waals surface area contributed by atoms with Crippen molar-refractivity contribution in [3.05, 3.63) is 60.2 Å². The second-order valence-corrected chi connectivity index (χ2v) is 8.92. The molecule has 30 heavy (non-hydrogen) atoms. The van der Waals surface area contributed by atoms with Crippen LogP contribution in [0.3, 0.4) is 0 Å². The monoisotopic (exact) mass is 428 g/mol. The number of nitrogens with zero attached hydrogens (tertiary/aromatic N) is 1. The average Bonchev–Trinajstić information content (AvgIpc) is 2.73. The van der Waals surface area contributed by atoms with Crippen LogP contribution in [-0.2, 0) is 19.6 Å². The highest BCUT2D eigenvalue weighted by atomic mass is 32.2. The molecule has 1 heterocycles. The molecule has 0 unspecified atom stereocenters. The van der Waals surface area contributed by atoms with Crippen molar-refractivity contribution in [2.45, 2.75) is 31.1 Å². The number of benzene rings is 2. The average molecular weight is 429 g/mol. The van der Waals surface area contributed by atoms with Gasteiger partial charge in [0.15, 0.2) is 0 Å². The van der Waals surface area contributed by atoms with Gasteiger partial charge in [0.25, 0.3) is 0 Å². The molecule has 0 aliphatic carbocycles. The van der Waals surface area contributed by atoms with E-state index in [1.807, 2.05) is 0 Å². The lowest BCUT2D eigenvalue weighted by molar-refractivity contribution is -0.131. The summed E-state index contributed by atoms with van der Waals surface area (Å²) in [7, 11) is -3.50. The van der Waals surface area contributed by atoms with Crippen LogP contribution in [-0.4, -0.2) is 37.7 Å². The summed E-state index contributed by atoms with van der Waals surface area (Å²) in [5, 5.41) is 2.70. The molecule has 3 rings (SSSR count). The van der Waals surface area contributed by atoms with Crippen molar-refractivity contribution >= 4 is 33.7 Å². The van der Waals surface area contributed by atoms with Gasteiger partial charge in [0.05, 0.1) is 4.90 Å². The largest absolute Gasteiger partial charge is 0.427 e. The summed E-state index contributed by atoms with van der Waals surface area (Å²) in [6, 6.07) is 12.9. The predicted octanol–water partition coefficient (Wildman–Crippen LogP) is 3.44. The Labute approximate surface area is 176 Å². The SMILES string of the molecule is CC(=O)Oc1cccc(C=CC(=O)Nc2ccc(S(=O)(=O)N3CCCCC3)cc2)c1. The Morgan fingerprint density at radius 2 is 1.73 bits per heavy atom. The van der Waals surface area contributed by atoms with Crippen molar-refractivity contribution in [1.29, 1.82) is 0 Å². The van der Waals surface area contributed by atoms with Crippen LogP contribution in [0.25, 0.3) is 6.08 Å². The number of carbonyl (C=O) groups is 2. The summed E-state index contributed by atoms with van der Waals surface area (Å²) in [4.78, 5) is 23.4. The first kappa shape index (κ1) is 21.7. The maximum absolute atomic E-state index is 12.7. The van der Waals surface area contributed by atoms with Gasteiger partial charge in [0.2, 0.25) is 15.9 Å². The van der Waals surface area contributed by atoms with Gasteiger partial charge in [-0.25, -0.2) is 8.42 Å². The molecule has 8 heteroatoms. The molecule has 0 spiro atoms. The van der Waals surface area contributed by atoms with Gasteiger partial charge in [0.1, 0.15) is 5.75 Å². The van der Waals surface area contributed by atoms with E-state index < -0.39 is 16.0 Å². The van der Waals surface area contributed by atoms with E-state index >= 15 is 0 Å². The standard InChI is InChI=1S/C22H24N2O5S/c1-17(25)29-20-7-5-6-18(16-20)8-13-22(26)23-19-9-11-21(12-10-19)30(27,28)24-14-3-2-4-15-24/h5-13,16H,2-4,14-15H2,1H3,(H,23,26). The zero-order valence-electron chi connectivity index (χ0n) is 16.7. The summed E-state index contributed by atoms with van der Waals surface area (Å²) >= 11 is 0. The molecule has 0 aromatic heterocycles. The van der Waals surface area contributed by atoms with E-state index in [2.05, 4.69) is 5.32 Å². The van der Waals surface area contributed by atoms with Crippen molar-refractivity contribution in [3.8, 4) is 5.75 Å². The number of nitrogens with one attached hydrogen (secondary N) is 1. The zero-order chi connectivity index (χ0) is 21.6. The molecule has 158 valence electrons. The quantitative estimate of drug-likeness (QED) is 0.432. The fourth-order valence-electron chi connectivity index (χ4n) is 3.17. The highest BCUT2D eigenvalue weighted by molar-refractivity contribution is 7.89. The second-order valence-electron chi connectivity index (χ2n) is 6.98. The van der Waals surface area contributed by atoms with Crippen molar-refractivity contribution in [2.24, 2.45) is 0 Å². The lowest BCUT2D eigenvalue weighted by Crippen LogP contribution is -2.35. The summed E-state index contributed by atoms with van der Waals surface area (Å²) in [6.07, 6.45) is 5.76. The highest BCUT2D eigenvalue weighted by Crippen LogP contribution is 2.22. The molecule has 0 atom stereocenters. The third-order valence-corrected chi connectivity index (χ3v) is 6.53. The number of amides is 1. The van der Waals surface area contributed by atoms with Gasteiger partial charge >= 0.3 is 5.97 Å². The Kier molecular flexibility index (Phi) is 7.02. The van der Waals surface area contributed by atoms with Crippen LogP contribution in [0.15, 0.2) is 59.5 Å². The molecule has 0 saturated carbocycles. The molecule has 7 nitrogen and oxygen atoms in total. The molecule has 2 aromatic rings. The van der Waals surface area contributed by atoms with E-state index in [1.165, 1.54) is 29.4 Å². The molecule has 1 N–H and O–H groups in total. The van der Waals surface area contributed by atoms with Crippen molar-refractivity contribution in [1.82, 2.24) is 4.31 Å². The maximum atomic E-state index is 12.7. The van der Waals surface area contributed by atoms with Crippen LogP contribution in [0.1, 0.15) is 31.7 Å². The molecular weight excluding hydrogens is 404 g/mol. The van der Waals surface area contributed by atoms with Gasteiger partial charge in [-0.2, -0.15) is 4.31 Å². The lowest BCUT2D eigenvalue weighted by Gasteiger charge is -2.25. The number of rotatable bonds is 6. The molecule has 0 radical (unpaired) electrons. The van der Waals surface area contributed by atoms with Crippen molar-refractivity contribution in [2.75, 3.05) is 18.4 Å². The fraction of sp³-hybridized carbons (Fsp3) is 0.273. The summed E-state index contributed by atoms with van der Waals surface area (Å²) in [5.74, 6) is -0.380. The van der Waals surface area contributed by atoms with E-state index in [9.17, 15) is 18.0 Å². The number of hydrogen-bond donors (Lipinski definition) is 1. The Morgan fingerprint density at radius 3 is 2.40 bits per heavy atom. The Balaban J connectivity index is 1.62. The minimum atomic E-state index is -3.50. The Morgan fingerprint density at radius 1 is 1.03 bits per heavy atom. The number of anilines is 1. The summed E-state index contributed by atoms with van der Waals surface area (Å²) < 4.78 is 31.9. The first-order valence-corrected chi connectivity index (χ1v) is 11.2. The number of piperidine rings is 1. The smallest absolute Gasteiger partial charge is 0.308 e. The van der Waals surface area contributed by atoms with Gasteiger partial charge in [0, 0.05) is 31.8 Å². The number of esters is 1. The van der Waals surface area contributed by atoms with E-state index in [0.29, 0.717) is 30.1 Å². The van der Waals surface area contributed by atoms with Gasteiger partial charge in [-0.15, -0.1) is 0 Å². The number of hydrogen-bond acceptors (Lipinski definition) is 5. The van der Waals surface area contributed by atoms with E-state index in [-0.39, 0.29) is 10.8 Å². The molecule has 1 amide bonds. The van der Waals surface area contributed by atoms with Crippen LogP contribution in [0.2, 0.25) is 0 Å². The minimum Gasteiger partial charge on any atom is -0.427 e. The molecule has 1 saturated heterocycles. The van der Waals surface area contributed by atoms with E-state index in [0.717, 1.165) is 19.3 Å². The minimum absolute atomic E-state index is 0.222. The fourth-order valence-corrected chi connectivity index (χ4v) is 4.69. The third kappa shape index (κ3) is 5.77. The highest BCUT2D eigenvalue weighted by Gasteiger charge is 2.25. The molecular formula is C22H24N2O5S. The van der Waals surface area contributed by atoms with Gasteiger partial charge in [-0.3, -0.25) is 9.59 Å².